The van der Waals surface area contributed by atoms with Crippen LogP contribution in [0.25, 0.3) is 0 Å². The van der Waals surface area contributed by atoms with Crippen LogP contribution in [0.5, 0.6) is 0 Å². The maximum atomic E-state index is 11.5. The van der Waals surface area contributed by atoms with Gasteiger partial charge in [-0.25, -0.2) is 4.99 Å². The molecule has 8 nitrogen and oxygen atoms in total. The molecule has 0 aliphatic carbocycles. The van der Waals surface area contributed by atoms with E-state index in [4.69, 9.17) is 21.9 Å². The normalized spacial score (nSPS) is 11.0. The lowest BCUT2D eigenvalue weighted by molar-refractivity contribution is -0.119. The van der Waals surface area contributed by atoms with Gasteiger partial charge in [-0.05, 0) is 24.6 Å². The summed E-state index contributed by atoms with van der Waals surface area (Å²) < 4.78 is 4.75. The molecule has 0 atom stereocenters. The zero-order valence-electron chi connectivity index (χ0n) is 11.4. The van der Waals surface area contributed by atoms with Crippen molar-refractivity contribution in [1.82, 2.24) is 0 Å². The predicted molar refractivity (Wildman–Crippen MR) is 78.8 cm³/mol. The van der Waals surface area contributed by atoms with Crippen LogP contribution in [0.2, 0.25) is 0 Å². The summed E-state index contributed by atoms with van der Waals surface area (Å²) in [6.07, 6.45) is 0. The maximum Gasteiger partial charge on any atom is 0.250 e. The second-order valence-electron chi connectivity index (χ2n) is 3.94. The summed E-state index contributed by atoms with van der Waals surface area (Å²) in [6.45, 7) is 1.77. The highest BCUT2D eigenvalue weighted by Crippen LogP contribution is 2.25. The Morgan fingerprint density at radius 3 is 2.65 bits per heavy atom. The number of nitrogens with two attached hydrogens (primary N) is 3. The van der Waals surface area contributed by atoms with E-state index in [2.05, 4.69) is 15.3 Å². The Kier molecular flexibility index (Phi) is 5.48. The fourth-order valence-electron chi connectivity index (χ4n) is 1.48. The first-order valence-electron chi connectivity index (χ1n) is 5.76. The Bertz CT molecular complexity index is 549. The van der Waals surface area contributed by atoms with Gasteiger partial charge in [-0.15, -0.1) is 0 Å². The van der Waals surface area contributed by atoms with Crippen LogP contribution in [0.3, 0.4) is 0 Å². The number of amides is 1. The summed E-state index contributed by atoms with van der Waals surface area (Å²) in [5.41, 5.74) is 17.9. The molecule has 1 amide bonds. The molecule has 1 aromatic rings. The molecule has 8 heteroatoms. The number of methoxy groups -OCH3 is 1. The van der Waals surface area contributed by atoms with Crippen molar-refractivity contribution in [3.8, 4) is 0 Å². The van der Waals surface area contributed by atoms with E-state index in [0.717, 1.165) is 5.56 Å². The summed E-state index contributed by atoms with van der Waals surface area (Å²) >= 11 is 0. The highest BCUT2D eigenvalue weighted by atomic mass is 16.5. The first kappa shape index (κ1) is 15.4. The summed E-state index contributed by atoms with van der Waals surface area (Å²) in [5.74, 6) is -0.490. The van der Waals surface area contributed by atoms with Crippen LogP contribution in [0.4, 0.5) is 11.4 Å². The van der Waals surface area contributed by atoms with E-state index in [9.17, 15) is 4.79 Å². The molecule has 20 heavy (non-hydrogen) atoms. The van der Waals surface area contributed by atoms with Gasteiger partial charge in [0.25, 0.3) is 0 Å². The van der Waals surface area contributed by atoms with Crippen LogP contribution >= 0.6 is 0 Å². The minimum absolute atomic E-state index is 0.0247. The number of ether oxygens (including phenoxy) is 1. The Balaban J connectivity index is 3.01. The van der Waals surface area contributed by atoms with E-state index >= 15 is 0 Å². The number of aliphatic imine (C=N–C) groups is 2. The quantitative estimate of drug-likeness (QED) is 0.446. The number of guanidine groups is 2. The van der Waals surface area contributed by atoms with Crippen molar-refractivity contribution in [2.45, 2.75) is 6.92 Å². The van der Waals surface area contributed by atoms with E-state index in [-0.39, 0.29) is 24.4 Å². The van der Waals surface area contributed by atoms with Gasteiger partial charge in [-0.1, -0.05) is 6.07 Å². The fourth-order valence-corrected chi connectivity index (χ4v) is 1.48. The van der Waals surface area contributed by atoms with Crippen LogP contribution in [-0.4, -0.2) is 31.5 Å². The summed E-state index contributed by atoms with van der Waals surface area (Å²) in [6, 6.07) is 5.21. The maximum absolute atomic E-state index is 11.5. The van der Waals surface area contributed by atoms with Crippen LogP contribution in [0.1, 0.15) is 5.56 Å². The third-order valence-electron chi connectivity index (χ3n) is 2.33. The Hall–Kier alpha value is -2.61. The number of hydrogen-bond acceptors (Lipinski definition) is 3. The molecule has 0 aliphatic rings. The monoisotopic (exact) mass is 278 g/mol. The van der Waals surface area contributed by atoms with E-state index in [1.54, 1.807) is 25.1 Å². The van der Waals surface area contributed by atoms with Crippen LogP contribution in [-0.2, 0) is 9.53 Å². The number of nitrogens with one attached hydrogen (secondary N) is 1. The van der Waals surface area contributed by atoms with Crippen LogP contribution in [0.15, 0.2) is 28.2 Å². The first-order chi connectivity index (χ1) is 9.43. The second kappa shape index (κ2) is 7.10. The van der Waals surface area contributed by atoms with Crippen molar-refractivity contribution < 1.29 is 9.53 Å². The minimum Gasteiger partial charge on any atom is -0.375 e. The zero-order valence-corrected chi connectivity index (χ0v) is 11.4. The number of nitrogens with zero attached hydrogens (tertiary/aromatic N) is 2. The SMILES string of the molecule is COCC(=O)Nc1cccc(N=C(N)N=C(N)N)c1C. The Morgan fingerprint density at radius 2 is 2.05 bits per heavy atom. The number of carbonyl (C=O) groups excluding carboxylic acids is 1. The van der Waals surface area contributed by atoms with Crippen molar-refractivity contribution in [3.05, 3.63) is 23.8 Å². The third kappa shape index (κ3) is 4.58. The van der Waals surface area contributed by atoms with Crippen molar-refractivity contribution in [3.63, 3.8) is 0 Å². The molecule has 0 spiro atoms. The average molecular weight is 278 g/mol. The summed E-state index contributed by atoms with van der Waals surface area (Å²) in [7, 11) is 1.45. The van der Waals surface area contributed by atoms with Crippen LogP contribution < -0.4 is 22.5 Å². The van der Waals surface area contributed by atoms with Gasteiger partial charge in [0, 0.05) is 12.8 Å². The zero-order chi connectivity index (χ0) is 15.1. The van der Waals surface area contributed by atoms with Crippen molar-refractivity contribution >= 4 is 29.2 Å². The van der Waals surface area contributed by atoms with Gasteiger partial charge in [0.05, 0.1) is 5.69 Å². The lowest BCUT2D eigenvalue weighted by atomic mass is 10.1. The summed E-state index contributed by atoms with van der Waals surface area (Å²) in [5, 5.41) is 2.71. The molecule has 7 N–H and O–H groups in total. The highest BCUT2D eigenvalue weighted by molar-refractivity contribution is 5.95. The van der Waals surface area contributed by atoms with Crippen molar-refractivity contribution in [2.24, 2.45) is 27.2 Å². The molecule has 0 aromatic heterocycles. The standard InChI is InChI=1S/C12H18N6O2/c1-7-8(16-10(19)6-20-2)4-3-5-9(7)17-12(15)18-11(13)14/h3-5H,6H2,1-2H3,(H,16,19)(H6,13,14,15,17,18). The largest absolute Gasteiger partial charge is 0.375 e. The minimum atomic E-state index is -0.256. The molecule has 0 bridgehead atoms. The molecule has 0 fully saturated rings. The van der Waals surface area contributed by atoms with E-state index in [1.165, 1.54) is 7.11 Å². The third-order valence-corrected chi connectivity index (χ3v) is 2.33. The van der Waals surface area contributed by atoms with Crippen molar-refractivity contribution in [2.75, 3.05) is 19.0 Å². The van der Waals surface area contributed by atoms with Crippen molar-refractivity contribution in [1.29, 1.82) is 0 Å². The molecular weight excluding hydrogens is 260 g/mol. The van der Waals surface area contributed by atoms with Gasteiger partial charge in [0.2, 0.25) is 11.9 Å². The van der Waals surface area contributed by atoms with Gasteiger partial charge in [0.15, 0.2) is 5.96 Å². The molecule has 1 rings (SSSR count). The lowest BCUT2D eigenvalue weighted by Crippen LogP contribution is -2.26. The fraction of sp³-hybridized carbons (Fsp3) is 0.250. The smallest absolute Gasteiger partial charge is 0.250 e. The topological polar surface area (TPSA) is 141 Å². The lowest BCUT2D eigenvalue weighted by Gasteiger charge is -2.10. The molecule has 0 radical (unpaired) electrons. The van der Waals surface area contributed by atoms with Gasteiger partial charge < -0.3 is 27.3 Å². The molecule has 0 aliphatic heterocycles. The number of carbonyl (C=O) groups is 1. The molecule has 0 saturated heterocycles. The molecule has 0 saturated carbocycles. The Labute approximate surface area is 116 Å². The molecule has 1 aromatic carbocycles. The number of benzene rings is 1. The van der Waals surface area contributed by atoms with Crippen LogP contribution in [0, 0.1) is 6.92 Å². The number of hydrogen-bond donors (Lipinski definition) is 4. The van der Waals surface area contributed by atoms with Gasteiger partial charge in [-0.3, -0.25) is 4.79 Å². The average Bonchev–Trinajstić information content (AvgIpc) is 2.33. The molecular formula is C12H18N6O2. The second-order valence-corrected chi connectivity index (χ2v) is 3.94. The van der Waals surface area contributed by atoms with Gasteiger partial charge >= 0.3 is 0 Å². The highest BCUT2D eigenvalue weighted by Gasteiger charge is 2.07. The molecule has 0 heterocycles. The number of rotatable bonds is 4. The number of anilines is 1. The summed E-state index contributed by atoms with van der Waals surface area (Å²) in [4.78, 5) is 19.2. The predicted octanol–water partition coefficient (Wildman–Crippen LogP) is -0.200. The first-order valence-corrected chi connectivity index (χ1v) is 5.76. The van der Waals surface area contributed by atoms with E-state index in [1.807, 2.05) is 0 Å². The Morgan fingerprint density at radius 1 is 1.35 bits per heavy atom. The van der Waals surface area contributed by atoms with E-state index in [0.29, 0.717) is 11.4 Å². The molecule has 0 unspecified atom stereocenters. The molecule has 108 valence electrons. The van der Waals surface area contributed by atoms with E-state index < -0.39 is 0 Å². The van der Waals surface area contributed by atoms with Gasteiger partial charge in [0.1, 0.15) is 6.61 Å². The van der Waals surface area contributed by atoms with Gasteiger partial charge in [-0.2, -0.15) is 4.99 Å².